The van der Waals surface area contributed by atoms with Crippen LogP contribution in [0.4, 0.5) is 0 Å². The molecule has 1 amide bonds. The van der Waals surface area contributed by atoms with Crippen molar-refractivity contribution in [1.29, 1.82) is 0 Å². The predicted molar refractivity (Wildman–Crippen MR) is 92.5 cm³/mol. The molecule has 1 heterocycles. The highest BCUT2D eigenvalue weighted by Gasteiger charge is 2.56. The lowest BCUT2D eigenvalue weighted by Gasteiger charge is -2.17. The number of hydrogen-bond acceptors (Lipinski definition) is 2. The van der Waals surface area contributed by atoms with Gasteiger partial charge in [0, 0.05) is 12.1 Å². The molecule has 1 fully saturated rings. The Bertz CT molecular complexity index is 801. The van der Waals surface area contributed by atoms with Crippen LogP contribution in [0, 0.1) is 6.92 Å². The first kappa shape index (κ1) is 14.2. The second-order valence-corrected chi connectivity index (χ2v) is 6.46. The molecule has 3 heteroatoms. The van der Waals surface area contributed by atoms with Crippen LogP contribution in [0.1, 0.15) is 30.9 Å². The highest BCUT2D eigenvalue weighted by molar-refractivity contribution is 6.16. The molecule has 1 saturated carbocycles. The standard InChI is InChI=1S/C20H20N2O/c1-3-22-18(21-20(11-12-20)19(22)23)16-9-7-15(8-10-16)17-6-4-5-14(2)13-17/h4-10,13H,3,11-12H2,1-2H3. The summed E-state index contributed by atoms with van der Waals surface area (Å²) < 4.78 is 0. The summed E-state index contributed by atoms with van der Waals surface area (Å²) in [6.45, 7) is 4.79. The molecule has 0 N–H and O–H groups in total. The highest BCUT2D eigenvalue weighted by atomic mass is 16.2. The normalized spacial score (nSPS) is 18.4. The molecule has 116 valence electrons. The zero-order valence-electron chi connectivity index (χ0n) is 13.5. The Morgan fingerprint density at radius 3 is 2.35 bits per heavy atom. The Morgan fingerprint density at radius 1 is 1.04 bits per heavy atom. The number of aryl methyl sites for hydroxylation is 1. The summed E-state index contributed by atoms with van der Waals surface area (Å²) in [4.78, 5) is 19.0. The first-order valence-electron chi connectivity index (χ1n) is 8.22. The van der Waals surface area contributed by atoms with Crippen molar-refractivity contribution in [2.24, 2.45) is 4.99 Å². The molecule has 0 saturated heterocycles. The van der Waals surface area contributed by atoms with E-state index < -0.39 is 5.54 Å². The van der Waals surface area contributed by atoms with E-state index in [0.717, 1.165) is 24.2 Å². The molecule has 0 atom stereocenters. The van der Waals surface area contributed by atoms with Gasteiger partial charge in [0.1, 0.15) is 11.4 Å². The number of benzene rings is 2. The van der Waals surface area contributed by atoms with Crippen LogP contribution in [0.15, 0.2) is 53.5 Å². The lowest BCUT2D eigenvalue weighted by Crippen LogP contribution is -2.36. The van der Waals surface area contributed by atoms with E-state index in [2.05, 4.69) is 55.5 Å². The van der Waals surface area contributed by atoms with E-state index in [1.54, 1.807) is 0 Å². The summed E-state index contributed by atoms with van der Waals surface area (Å²) in [6.07, 6.45) is 1.79. The summed E-state index contributed by atoms with van der Waals surface area (Å²) in [6, 6.07) is 16.9. The van der Waals surface area contributed by atoms with Gasteiger partial charge in [-0.2, -0.15) is 0 Å². The fourth-order valence-electron chi connectivity index (χ4n) is 3.25. The SMILES string of the molecule is CCN1C(=O)C2(CC2)N=C1c1ccc(-c2cccc(C)c2)cc1. The third-order valence-corrected chi connectivity index (χ3v) is 4.75. The fraction of sp³-hybridized carbons (Fsp3) is 0.300. The molecule has 3 nitrogen and oxygen atoms in total. The lowest BCUT2D eigenvalue weighted by atomic mass is 10.0. The maximum Gasteiger partial charge on any atom is 0.256 e. The van der Waals surface area contributed by atoms with E-state index >= 15 is 0 Å². The molecule has 0 radical (unpaired) electrons. The number of amides is 1. The Hall–Kier alpha value is -2.42. The largest absolute Gasteiger partial charge is 0.295 e. The Morgan fingerprint density at radius 2 is 1.74 bits per heavy atom. The number of nitrogens with zero attached hydrogens (tertiary/aromatic N) is 2. The summed E-state index contributed by atoms with van der Waals surface area (Å²) >= 11 is 0. The topological polar surface area (TPSA) is 32.7 Å². The molecule has 0 unspecified atom stereocenters. The van der Waals surface area contributed by atoms with Crippen LogP contribution in [0.2, 0.25) is 0 Å². The molecule has 0 aromatic heterocycles. The Kier molecular flexibility index (Phi) is 3.12. The number of hydrogen-bond donors (Lipinski definition) is 0. The average Bonchev–Trinajstić information content (AvgIpc) is 3.29. The van der Waals surface area contributed by atoms with E-state index in [-0.39, 0.29) is 5.91 Å². The maximum absolute atomic E-state index is 12.4. The quantitative estimate of drug-likeness (QED) is 0.849. The van der Waals surface area contributed by atoms with Crippen LogP contribution in [0.5, 0.6) is 0 Å². The van der Waals surface area contributed by atoms with E-state index in [1.807, 2.05) is 11.8 Å². The van der Waals surface area contributed by atoms with Gasteiger partial charge >= 0.3 is 0 Å². The average molecular weight is 304 g/mol. The predicted octanol–water partition coefficient (Wildman–Crippen LogP) is 3.80. The van der Waals surface area contributed by atoms with Crippen LogP contribution in [0.25, 0.3) is 11.1 Å². The third-order valence-electron chi connectivity index (χ3n) is 4.75. The number of aliphatic imine (C=N–C) groups is 1. The summed E-state index contributed by atoms with van der Waals surface area (Å²) in [7, 11) is 0. The van der Waals surface area contributed by atoms with Crippen LogP contribution in [0.3, 0.4) is 0 Å². The lowest BCUT2D eigenvalue weighted by molar-refractivity contribution is -0.128. The minimum atomic E-state index is -0.416. The van der Waals surface area contributed by atoms with Crippen molar-refractivity contribution in [2.45, 2.75) is 32.2 Å². The fourth-order valence-corrected chi connectivity index (χ4v) is 3.25. The highest BCUT2D eigenvalue weighted by Crippen LogP contribution is 2.45. The van der Waals surface area contributed by atoms with E-state index in [1.165, 1.54) is 16.7 Å². The van der Waals surface area contributed by atoms with Gasteiger partial charge < -0.3 is 0 Å². The van der Waals surface area contributed by atoms with Crippen molar-refractivity contribution in [1.82, 2.24) is 4.90 Å². The molecule has 2 aliphatic rings. The van der Waals surface area contributed by atoms with Gasteiger partial charge in [0.05, 0.1) is 0 Å². The Balaban J connectivity index is 1.67. The molecule has 1 aliphatic carbocycles. The van der Waals surface area contributed by atoms with Crippen molar-refractivity contribution in [3.05, 3.63) is 59.7 Å². The van der Waals surface area contributed by atoms with Gasteiger partial charge in [-0.15, -0.1) is 0 Å². The van der Waals surface area contributed by atoms with E-state index in [0.29, 0.717) is 6.54 Å². The van der Waals surface area contributed by atoms with Gasteiger partial charge in [-0.05, 0) is 37.8 Å². The van der Waals surface area contributed by atoms with Crippen LogP contribution in [-0.4, -0.2) is 28.7 Å². The van der Waals surface area contributed by atoms with Gasteiger partial charge in [-0.3, -0.25) is 14.7 Å². The summed E-state index contributed by atoms with van der Waals surface area (Å²) in [5.41, 5.74) is 4.27. The molecule has 2 aromatic rings. The molecular weight excluding hydrogens is 284 g/mol. The molecule has 4 rings (SSSR count). The van der Waals surface area contributed by atoms with Crippen LogP contribution in [-0.2, 0) is 4.79 Å². The van der Waals surface area contributed by atoms with Gasteiger partial charge in [0.25, 0.3) is 5.91 Å². The zero-order valence-corrected chi connectivity index (χ0v) is 13.5. The van der Waals surface area contributed by atoms with Crippen molar-refractivity contribution in [3.63, 3.8) is 0 Å². The molecule has 1 spiro atoms. The van der Waals surface area contributed by atoms with E-state index in [9.17, 15) is 4.79 Å². The second kappa shape index (κ2) is 5.05. The molecule has 23 heavy (non-hydrogen) atoms. The van der Waals surface area contributed by atoms with Gasteiger partial charge in [0.2, 0.25) is 0 Å². The minimum absolute atomic E-state index is 0.178. The van der Waals surface area contributed by atoms with Crippen molar-refractivity contribution in [2.75, 3.05) is 6.54 Å². The number of rotatable bonds is 3. The zero-order chi connectivity index (χ0) is 16.0. The molecule has 1 aliphatic heterocycles. The Labute approximate surface area is 136 Å². The first-order chi connectivity index (χ1) is 11.1. The van der Waals surface area contributed by atoms with E-state index in [4.69, 9.17) is 4.99 Å². The monoisotopic (exact) mass is 304 g/mol. The number of carbonyl (C=O) groups is 1. The summed E-state index contributed by atoms with van der Waals surface area (Å²) in [5.74, 6) is 1.02. The smallest absolute Gasteiger partial charge is 0.256 e. The van der Waals surface area contributed by atoms with Crippen molar-refractivity contribution in [3.8, 4) is 11.1 Å². The van der Waals surface area contributed by atoms with Crippen molar-refractivity contribution >= 4 is 11.7 Å². The number of likely N-dealkylation sites (N-methyl/N-ethyl adjacent to an activating group) is 1. The number of amidine groups is 1. The molecule has 2 aromatic carbocycles. The minimum Gasteiger partial charge on any atom is -0.295 e. The molecule has 0 bridgehead atoms. The maximum atomic E-state index is 12.4. The van der Waals surface area contributed by atoms with Gasteiger partial charge in [-0.1, -0.05) is 54.1 Å². The summed E-state index contributed by atoms with van der Waals surface area (Å²) in [5, 5.41) is 0. The molecular formula is C20H20N2O. The van der Waals surface area contributed by atoms with Crippen LogP contribution < -0.4 is 0 Å². The van der Waals surface area contributed by atoms with Gasteiger partial charge in [0.15, 0.2) is 0 Å². The first-order valence-corrected chi connectivity index (χ1v) is 8.22. The third kappa shape index (κ3) is 2.27. The van der Waals surface area contributed by atoms with Gasteiger partial charge in [-0.25, -0.2) is 0 Å². The number of carbonyl (C=O) groups excluding carboxylic acids is 1. The second-order valence-electron chi connectivity index (χ2n) is 6.46. The van der Waals surface area contributed by atoms with Crippen LogP contribution >= 0.6 is 0 Å². The van der Waals surface area contributed by atoms with Crippen molar-refractivity contribution < 1.29 is 4.79 Å².